The van der Waals surface area contributed by atoms with E-state index in [0.717, 1.165) is 21.4 Å². The van der Waals surface area contributed by atoms with E-state index in [-0.39, 0.29) is 36.6 Å². The van der Waals surface area contributed by atoms with Crippen LogP contribution in [0.5, 0.6) is 5.75 Å². The van der Waals surface area contributed by atoms with Gasteiger partial charge >= 0.3 is 43.1 Å². The first kappa shape index (κ1) is 27.9. The molecule has 4 rings (SSSR count). The molecule has 186 valence electrons. The van der Waals surface area contributed by atoms with Gasteiger partial charge < -0.3 is 31.0 Å². The summed E-state index contributed by atoms with van der Waals surface area (Å²) in [5.74, 6) is 0.783. The summed E-state index contributed by atoms with van der Waals surface area (Å²) in [5.41, 5.74) is 4.34. The molecule has 4 N–H and O–H groups in total. The Balaban J connectivity index is 0.00000241. The van der Waals surface area contributed by atoms with Crippen molar-refractivity contribution >= 4 is 42.1 Å². The van der Waals surface area contributed by atoms with Gasteiger partial charge in [0.2, 0.25) is 5.95 Å². The molecule has 0 radical (unpaired) electrons. The van der Waals surface area contributed by atoms with Gasteiger partial charge in [-0.2, -0.15) is 4.98 Å². The van der Waals surface area contributed by atoms with Crippen molar-refractivity contribution in [2.45, 2.75) is 27.5 Å². The molecule has 0 unspecified atom stereocenters. The number of oxazole rings is 1. The molecule has 14 heteroatoms. The van der Waals surface area contributed by atoms with Crippen molar-refractivity contribution in [2.75, 3.05) is 17.7 Å². The van der Waals surface area contributed by atoms with Crippen LogP contribution in [0.25, 0.3) is 11.1 Å². The number of anilines is 4. The Hall–Kier alpha value is -2.70. The molecule has 36 heavy (non-hydrogen) atoms. The smallest absolute Gasteiger partial charge is 1.00 e. The van der Waals surface area contributed by atoms with Gasteiger partial charge in [0.05, 0.1) is 12.6 Å². The van der Waals surface area contributed by atoms with E-state index in [2.05, 4.69) is 25.1 Å². The number of ether oxygens (including phenoxy) is 1. The first-order valence-corrected chi connectivity index (χ1v) is 11.9. The number of phosphoric acid groups is 1. The zero-order valence-corrected chi connectivity index (χ0v) is 23.3. The van der Waals surface area contributed by atoms with Gasteiger partial charge in [-0.3, -0.25) is 4.52 Å². The Morgan fingerprint density at radius 1 is 1.08 bits per heavy atom. The standard InChI is InChI=1S/C22H24N5O7P.Na.H/c1-12-5-15(8-17(6-12)32-4)25-21-23-10-14(3)20(26-21)24-16-7-13(2)19-18(9-16)27(22(28)34-19)11-33-35(29,30)31;;/h5-10H,11H2,1-4H3,(H2,29,30,31)(H2,23,24,25,26);;/q;+1;-1. The number of benzene rings is 2. The monoisotopic (exact) mass is 525 g/mol. The van der Waals surface area contributed by atoms with Gasteiger partial charge in [-0.15, -0.1) is 0 Å². The normalized spacial score (nSPS) is 11.3. The second-order valence-corrected chi connectivity index (χ2v) is 9.14. The molecule has 0 saturated carbocycles. The van der Waals surface area contributed by atoms with Crippen LogP contribution in [0, 0.1) is 20.8 Å². The van der Waals surface area contributed by atoms with Crippen LogP contribution in [0.3, 0.4) is 0 Å². The summed E-state index contributed by atoms with van der Waals surface area (Å²) in [6.07, 6.45) is 1.66. The number of fused-ring (bicyclic) bond motifs is 1. The summed E-state index contributed by atoms with van der Waals surface area (Å²) in [6.45, 7) is 4.87. The second-order valence-electron chi connectivity index (χ2n) is 7.90. The zero-order valence-electron chi connectivity index (χ0n) is 21.4. The SMILES string of the molecule is COc1cc(C)cc(Nc2ncc(C)c(Nc3cc(C)c4oc(=O)n(COP(=O)(O)O)c4c3)n2)c1.[H-].[Na+]. The molecule has 0 bridgehead atoms. The van der Waals surface area contributed by atoms with Crippen molar-refractivity contribution in [3.63, 3.8) is 0 Å². The average molecular weight is 525 g/mol. The fourth-order valence-corrected chi connectivity index (χ4v) is 3.76. The third-order valence-corrected chi connectivity index (χ3v) is 5.54. The molecule has 0 amide bonds. The molecule has 4 aromatic rings. The molecule has 0 aliphatic carbocycles. The molecule has 2 aromatic heterocycles. The van der Waals surface area contributed by atoms with Gasteiger partial charge in [0.1, 0.15) is 18.3 Å². The van der Waals surface area contributed by atoms with Crippen LogP contribution in [0.15, 0.2) is 45.7 Å². The second kappa shape index (κ2) is 11.1. The van der Waals surface area contributed by atoms with Crippen LogP contribution in [0.4, 0.5) is 23.1 Å². The molecule has 0 fully saturated rings. The minimum absolute atomic E-state index is 0. The van der Waals surface area contributed by atoms with E-state index in [9.17, 15) is 9.36 Å². The van der Waals surface area contributed by atoms with Gasteiger partial charge in [0.15, 0.2) is 5.58 Å². The van der Waals surface area contributed by atoms with E-state index in [1.807, 2.05) is 32.0 Å². The predicted molar refractivity (Wildman–Crippen MR) is 131 cm³/mol. The Morgan fingerprint density at radius 3 is 2.50 bits per heavy atom. The molecule has 0 spiro atoms. The van der Waals surface area contributed by atoms with Gasteiger partial charge in [0.25, 0.3) is 0 Å². The quantitative estimate of drug-likeness (QED) is 0.192. The minimum Gasteiger partial charge on any atom is -1.00 e. The number of aryl methyl sites for hydroxylation is 3. The third-order valence-electron chi connectivity index (χ3n) is 5.09. The predicted octanol–water partition coefficient (Wildman–Crippen LogP) is 0.989. The van der Waals surface area contributed by atoms with Gasteiger partial charge in [-0.25, -0.2) is 18.9 Å². The van der Waals surface area contributed by atoms with Crippen molar-refractivity contribution in [3.05, 3.63) is 63.8 Å². The maximum atomic E-state index is 12.2. The summed E-state index contributed by atoms with van der Waals surface area (Å²) in [7, 11) is -3.18. The van der Waals surface area contributed by atoms with Crippen molar-refractivity contribution in [2.24, 2.45) is 0 Å². The van der Waals surface area contributed by atoms with Crippen LogP contribution in [-0.2, 0) is 15.8 Å². The number of rotatable bonds is 8. The molecule has 2 aromatic carbocycles. The van der Waals surface area contributed by atoms with Crippen LogP contribution < -0.4 is 50.7 Å². The topological polar surface area (TPSA) is 161 Å². The molecule has 0 atom stereocenters. The fraction of sp³-hybridized carbons (Fsp3) is 0.227. The zero-order chi connectivity index (χ0) is 25.3. The van der Waals surface area contributed by atoms with E-state index in [0.29, 0.717) is 34.3 Å². The number of methoxy groups -OCH3 is 1. The summed E-state index contributed by atoms with van der Waals surface area (Å²) in [5, 5.41) is 6.37. The van der Waals surface area contributed by atoms with E-state index in [4.69, 9.17) is 18.9 Å². The van der Waals surface area contributed by atoms with Gasteiger partial charge in [0, 0.05) is 29.2 Å². The first-order valence-electron chi connectivity index (χ1n) is 10.4. The molecule has 12 nitrogen and oxygen atoms in total. The Labute approximate surface area is 229 Å². The van der Waals surface area contributed by atoms with Crippen molar-refractivity contribution < 1.29 is 59.0 Å². The molecular formula is C22H25N5NaO7P. The number of aromatic nitrogens is 3. The van der Waals surface area contributed by atoms with Crippen molar-refractivity contribution in [1.29, 1.82) is 0 Å². The molecular weight excluding hydrogens is 500 g/mol. The van der Waals surface area contributed by atoms with Crippen LogP contribution in [-0.4, -0.2) is 31.4 Å². The van der Waals surface area contributed by atoms with E-state index >= 15 is 0 Å². The first-order chi connectivity index (χ1) is 16.5. The van der Waals surface area contributed by atoms with Crippen molar-refractivity contribution in [1.82, 2.24) is 14.5 Å². The average Bonchev–Trinajstić information content (AvgIpc) is 3.09. The van der Waals surface area contributed by atoms with Crippen LogP contribution in [0.1, 0.15) is 18.1 Å². The van der Waals surface area contributed by atoms with Crippen LogP contribution >= 0.6 is 7.82 Å². The van der Waals surface area contributed by atoms with Crippen molar-refractivity contribution in [3.8, 4) is 5.75 Å². The Bertz CT molecular complexity index is 1520. The fourth-order valence-electron chi connectivity index (χ4n) is 3.49. The molecule has 0 aliphatic heterocycles. The van der Waals surface area contributed by atoms with E-state index in [1.165, 1.54) is 0 Å². The van der Waals surface area contributed by atoms with Gasteiger partial charge in [-0.1, -0.05) is 0 Å². The number of phosphoric ester groups is 1. The number of hydrogen-bond donors (Lipinski definition) is 4. The van der Waals surface area contributed by atoms with E-state index < -0.39 is 20.3 Å². The minimum atomic E-state index is -4.78. The number of hydrogen-bond acceptors (Lipinski definition) is 9. The van der Waals surface area contributed by atoms with Crippen LogP contribution in [0.2, 0.25) is 0 Å². The Morgan fingerprint density at radius 2 is 1.81 bits per heavy atom. The molecule has 2 heterocycles. The third kappa shape index (κ3) is 6.54. The molecule has 0 aliphatic rings. The largest absolute Gasteiger partial charge is 1.00 e. The number of nitrogens with one attached hydrogen (secondary N) is 2. The maximum Gasteiger partial charge on any atom is 1.00 e. The van der Waals surface area contributed by atoms with E-state index in [1.54, 1.807) is 32.4 Å². The summed E-state index contributed by atoms with van der Waals surface area (Å²) < 4.78 is 27.1. The summed E-state index contributed by atoms with van der Waals surface area (Å²) in [6, 6.07) is 9.05. The van der Waals surface area contributed by atoms with Gasteiger partial charge in [-0.05, 0) is 56.2 Å². The number of nitrogens with zero attached hydrogens (tertiary/aromatic N) is 3. The summed E-state index contributed by atoms with van der Waals surface area (Å²) in [4.78, 5) is 39.1. The summed E-state index contributed by atoms with van der Waals surface area (Å²) >= 11 is 0. The maximum absolute atomic E-state index is 12.2. The molecule has 0 saturated heterocycles. The Kier molecular flexibility index (Phi) is 8.63.